The van der Waals surface area contributed by atoms with E-state index in [1.165, 1.54) is 10.7 Å². The van der Waals surface area contributed by atoms with Crippen molar-refractivity contribution in [2.45, 2.75) is 13.8 Å². The first-order chi connectivity index (χ1) is 8.41. The number of nitro groups is 1. The maximum Gasteiger partial charge on any atom is 0.296 e. The van der Waals surface area contributed by atoms with E-state index in [0.717, 1.165) is 15.9 Å². The highest BCUT2D eigenvalue weighted by Crippen LogP contribution is 2.29. The highest BCUT2D eigenvalue weighted by Gasteiger charge is 2.19. The third-order valence-corrected chi connectivity index (χ3v) is 3.77. The molecule has 0 radical (unpaired) electrons. The zero-order valence-corrected chi connectivity index (χ0v) is 11.4. The van der Waals surface area contributed by atoms with E-state index in [0.29, 0.717) is 11.4 Å². The molecule has 0 aliphatic carbocycles. The van der Waals surface area contributed by atoms with Crippen LogP contribution in [0.1, 0.15) is 11.4 Å². The van der Waals surface area contributed by atoms with Gasteiger partial charge in [0.25, 0.3) is 5.69 Å². The molecule has 0 aliphatic heterocycles. The predicted octanol–water partition coefficient (Wildman–Crippen LogP) is 2.74. The molecule has 7 heteroatoms. The Bertz CT molecular complexity index is 636. The maximum atomic E-state index is 11.0. The lowest BCUT2D eigenvalue weighted by molar-refractivity contribution is -0.384. The molecule has 0 spiro atoms. The first kappa shape index (κ1) is 12.6. The van der Waals surface area contributed by atoms with Crippen molar-refractivity contribution in [2.24, 2.45) is 0 Å². The molecule has 2 N–H and O–H groups in total. The van der Waals surface area contributed by atoms with Gasteiger partial charge in [0, 0.05) is 11.8 Å². The molecular formula is C11H11BrN4O2. The van der Waals surface area contributed by atoms with Crippen molar-refractivity contribution < 1.29 is 4.92 Å². The van der Waals surface area contributed by atoms with Crippen molar-refractivity contribution in [3.05, 3.63) is 44.2 Å². The van der Waals surface area contributed by atoms with Crippen LogP contribution in [-0.2, 0) is 0 Å². The number of anilines is 1. The highest BCUT2D eigenvalue weighted by atomic mass is 79.9. The number of nitrogens with zero attached hydrogens (tertiary/aromatic N) is 3. The standard InChI is InChI=1S/C11H11BrN4O2/c1-6-11(12)7(2)15(14-6)9-4-3-8(13)5-10(9)16(17)18/h3-5H,13H2,1-2H3. The van der Waals surface area contributed by atoms with Gasteiger partial charge in [0.1, 0.15) is 5.69 Å². The van der Waals surface area contributed by atoms with Gasteiger partial charge in [-0.15, -0.1) is 0 Å². The van der Waals surface area contributed by atoms with Gasteiger partial charge in [-0.1, -0.05) is 0 Å². The molecule has 0 atom stereocenters. The molecule has 0 bridgehead atoms. The first-order valence-electron chi connectivity index (χ1n) is 5.18. The van der Waals surface area contributed by atoms with Gasteiger partial charge in [-0.2, -0.15) is 5.10 Å². The van der Waals surface area contributed by atoms with Crippen LogP contribution in [0.2, 0.25) is 0 Å². The third-order valence-electron chi connectivity index (χ3n) is 2.63. The number of benzene rings is 1. The van der Waals surface area contributed by atoms with E-state index < -0.39 is 4.92 Å². The molecule has 18 heavy (non-hydrogen) atoms. The zero-order valence-electron chi connectivity index (χ0n) is 9.85. The molecule has 1 heterocycles. The normalized spacial score (nSPS) is 10.6. The SMILES string of the molecule is Cc1nn(-c2ccc(N)cc2[N+](=O)[O-])c(C)c1Br. The predicted molar refractivity (Wildman–Crippen MR) is 71.8 cm³/mol. The Morgan fingerprint density at radius 1 is 1.44 bits per heavy atom. The van der Waals surface area contributed by atoms with Crippen molar-refractivity contribution in [1.29, 1.82) is 0 Å². The summed E-state index contributed by atoms with van der Waals surface area (Å²) in [5, 5.41) is 15.3. The summed E-state index contributed by atoms with van der Waals surface area (Å²) in [5.41, 5.74) is 7.85. The average molecular weight is 311 g/mol. The molecule has 2 aromatic rings. The maximum absolute atomic E-state index is 11.0. The van der Waals surface area contributed by atoms with Crippen LogP contribution in [0, 0.1) is 24.0 Å². The molecule has 0 amide bonds. The molecule has 94 valence electrons. The second-order valence-electron chi connectivity index (χ2n) is 3.90. The van der Waals surface area contributed by atoms with Crippen LogP contribution < -0.4 is 5.73 Å². The van der Waals surface area contributed by atoms with Gasteiger partial charge >= 0.3 is 0 Å². The van der Waals surface area contributed by atoms with E-state index >= 15 is 0 Å². The van der Waals surface area contributed by atoms with Crippen molar-refractivity contribution >= 4 is 27.3 Å². The summed E-state index contributed by atoms with van der Waals surface area (Å²) < 4.78 is 2.38. The van der Waals surface area contributed by atoms with E-state index in [-0.39, 0.29) is 5.69 Å². The van der Waals surface area contributed by atoms with E-state index in [2.05, 4.69) is 21.0 Å². The van der Waals surface area contributed by atoms with E-state index in [4.69, 9.17) is 5.73 Å². The smallest absolute Gasteiger partial charge is 0.296 e. The van der Waals surface area contributed by atoms with Crippen molar-refractivity contribution in [2.75, 3.05) is 5.73 Å². The third kappa shape index (κ3) is 1.97. The van der Waals surface area contributed by atoms with Crippen molar-refractivity contribution in [3.8, 4) is 5.69 Å². The number of hydrogen-bond acceptors (Lipinski definition) is 4. The fraction of sp³-hybridized carbons (Fsp3) is 0.182. The number of nitrogen functional groups attached to an aromatic ring is 1. The van der Waals surface area contributed by atoms with E-state index in [1.807, 2.05) is 13.8 Å². The van der Waals surface area contributed by atoms with E-state index in [1.54, 1.807) is 12.1 Å². The summed E-state index contributed by atoms with van der Waals surface area (Å²) in [4.78, 5) is 10.6. The first-order valence-corrected chi connectivity index (χ1v) is 5.97. The molecule has 0 aliphatic rings. The number of nitro benzene ring substituents is 1. The second-order valence-corrected chi connectivity index (χ2v) is 4.69. The number of aromatic nitrogens is 2. The molecule has 6 nitrogen and oxygen atoms in total. The molecule has 0 saturated carbocycles. The minimum absolute atomic E-state index is 0.0619. The van der Waals surface area contributed by atoms with Crippen LogP contribution in [0.25, 0.3) is 5.69 Å². The Balaban J connectivity index is 2.71. The summed E-state index contributed by atoms with van der Waals surface area (Å²) in [6.07, 6.45) is 0. The fourth-order valence-corrected chi connectivity index (χ4v) is 1.97. The van der Waals surface area contributed by atoms with Crippen LogP contribution in [-0.4, -0.2) is 14.7 Å². The topological polar surface area (TPSA) is 87.0 Å². The van der Waals surface area contributed by atoms with E-state index in [9.17, 15) is 10.1 Å². The van der Waals surface area contributed by atoms with Crippen LogP contribution in [0.3, 0.4) is 0 Å². The van der Waals surface area contributed by atoms with Crippen LogP contribution in [0.5, 0.6) is 0 Å². The number of aryl methyl sites for hydroxylation is 1. The lowest BCUT2D eigenvalue weighted by Gasteiger charge is -2.06. The summed E-state index contributed by atoms with van der Waals surface area (Å²) in [6, 6.07) is 4.55. The minimum atomic E-state index is -0.462. The van der Waals surface area contributed by atoms with Gasteiger partial charge in [-0.25, -0.2) is 4.68 Å². The van der Waals surface area contributed by atoms with Gasteiger partial charge in [-0.3, -0.25) is 10.1 Å². The number of halogens is 1. The Hall–Kier alpha value is -1.89. The molecule has 0 fully saturated rings. The summed E-state index contributed by atoms with van der Waals surface area (Å²) in [6.45, 7) is 3.67. The molecule has 2 rings (SSSR count). The number of nitrogens with two attached hydrogens (primary N) is 1. The van der Waals surface area contributed by atoms with Crippen LogP contribution in [0.4, 0.5) is 11.4 Å². The molecule has 1 aromatic heterocycles. The van der Waals surface area contributed by atoms with Gasteiger partial charge in [0.15, 0.2) is 0 Å². The molecule has 0 saturated heterocycles. The lowest BCUT2D eigenvalue weighted by Crippen LogP contribution is -2.04. The highest BCUT2D eigenvalue weighted by molar-refractivity contribution is 9.10. The zero-order chi connectivity index (χ0) is 13.4. The Labute approximate surface area is 112 Å². The Morgan fingerprint density at radius 2 is 2.11 bits per heavy atom. The van der Waals surface area contributed by atoms with Gasteiger partial charge in [0.05, 0.1) is 20.8 Å². The van der Waals surface area contributed by atoms with Gasteiger partial charge in [0.2, 0.25) is 0 Å². The minimum Gasteiger partial charge on any atom is -0.399 e. The van der Waals surface area contributed by atoms with Crippen molar-refractivity contribution in [3.63, 3.8) is 0 Å². The molecular weight excluding hydrogens is 300 g/mol. The van der Waals surface area contributed by atoms with Gasteiger partial charge < -0.3 is 5.73 Å². The quantitative estimate of drug-likeness (QED) is 0.525. The number of hydrogen-bond donors (Lipinski definition) is 1. The fourth-order valence-electron chi connectivity index (χ4n) is 1.72. The second kappa shape index (κ2) is 4.41. The summed E-state index contributed by atoms with van der Waals surface area (Å²) in [7, 11) is 0. The Kier molecular flexibility index (Phi) is 3.08. The Morgan fingerprint density at radius 3 is 2.61 bits per heavy atom. The summed E-state index contributed by atoms with van der Waals surface area (Å²) in [5.74, 6) is 0. The van der Waals surface area contributed by atoms with Crippen molar-refractivity contribution in [1.82, 2.24) is 9.78 Å². The number of rotatable bonds is 2. The van der Waals surface area contributed by atoms with Crippen LogP contribution in [0.15, 0.2) is 22.7 Å². The summed E-state index contributed by atoms with van der Waals surface area (Å²) >= 11 is 3.40. The average Bonchev–Trinajstić information content (AvgIpc) is 2.57. The monoisotopic (exact) mass is 310 g/mol. The molecule has 0 unspecified atom stereocenters. The molecule has 1 aromatic carbocycles. The van der Waals surface area contributed by atoms with Gasteiger partial charge in [-0.05, 0) is 41.9 Å². The lowest BCUT2D eigenvalue weighted by atomic mass is 10.2. The largest absolute Gasteiger partial charge is 0.399 e. The van der Waals surface area contributed by atoms with Crippen LogP contribution >= 0.6 is 15.9 Å².